The number of aliphatic imine (C=N–C) groups is 1. The standard InChI is InChI=1S/C20H32N4O/c1-5-8-12-15-23(4)20(21-6-2)22-16-19(25)24(7-3)17-18-13-10-9-11-14-18/h5,9-11,13-14H,1,6-8,12,15-17H2,2-4H3,(H,21,22). The molecule has 1 N–H and O–H groups in total. The number of allylic oxidation sites excluding steroid dienone is 1. The summed E-state index contributed by atoms with van der Waals surface area (Å²) in [5.74, 6) is 0.817. The van der Waals surface area contributed by atoms with Gasteiger partial charge in [0.2, 0.25) is 5.91 Å². The van der Waals surface area contributed by atoms with Gasteiger partial charge in [-0.1, -0.05) is 36.4 Å². The molecule has 0 saturated carbocycles. The molecule has 1 amide bonds. The summed E-state index contributed by atoms with van der Waals surface area (Å²) >= 11 is 0. The van der Waals surface area contributed by atoms with Crippen molar-refractivity contribution in [2.24, 2.45) is 4.99 Å². The molecule has 0 saturated heterocycles. The normalized spacial score (nSPS) is 11.1. The number of nitrogens with one attached hydrogen (secondary N) is 1. The summed E-state index contributed by atoms with van der Waals surface area (Å²) in [5, 5.41) is 3.25. The van der Waals surface area contributed by atoms with Crippen LogP contribution in [0.3, 0.4) is 0 Å². The lowest BCUT2D eigenvalue weighted by atomic mass is 10.2. The fourth-order valence-corrected chi connectivity index (χ4v) is 2.47. The summed E-state index contributed by atoms with van der Waals surface area (Å²) in [6.45, 7) is 10.9. The molecular formula is C20H32N4O. The third-order valence-electron chi connectivity index (χ3n) is 3.91. The molecular weight excluding hydrogens is 312 g/mol. The van der Waals surface area contributed by atoms with Crippen LogP contribution in [-0.2, 0) is 11.3 Å². The van der Waals surface area contributed by atoms with E-state index in [9.17, 15) is 4.79 Å². The van der Waals surface area contributed by atoms with Crippen molar-refractivity contribution in [1.82, 2.24) is 15.1 Å². The SMILES string of the molecule is C=CCCCN(C)C(=NCC(=O)N(CC)Cc1ccccc1)NCC. The molecule has 0 atom stereocenters. The molecule has 0 heterocycles. The number of unbranched alkanes of at least 4 members (excludes halogenated alkanes) is 1. The van der Waals surface area contributed by atoms with Crippen LogP contribution in [0.15, 0.2) is 48.0 Å². The van der Waals surface area contributed by atoms with Crippen molar-refractivity contribution in [3.8, 4) is 0 Å². The van der Waals surface area contributed by atoms with E-state index in [2.05, 4.69) is 21.8 Å². The van der Waals surface area contributed by atoms with Gasteiger partial charge in [-0.2, -0.15) is 0 Å². The Balaban J connectivity index is 2.65. The van der Waals surface area contributed by atoms with Gasteiger partial charge in [-0.3, -0.25) is 4.79 Å². The highest BCUT2D eigenvalue weighted by Gasteiger charge is 2.13. The number of likely N-dealkylation sites (N-methyl/N-ethyl adjacent to an activating group) is 1. The van der Waals surface area contributed by atoms with E-state index in [1.807, 2.05) is 62.2 Å². The Kier molecular flexibility index (Phi) is 10.1. The highest BCUT2D eigenvalue weighted by molar-refractivity contribution is 5.84. The number of guanidine groups is 1. The number of nitrogens with zero attached hydrogens (tertiary/aromatic N) is 3. The second kappa shape index (κ2) is 12.1. The van der Waals surface area contributed by atoms with Gasteiger partial charge in [0.1, 0.15) is 6.54 Å². The minimum absolute atomic E-state index is 0.0428. The maximum atomic E-state index is 12.5. The van der Waals surface area contributed by atoms with Crippen LogP contribution in [0.5, 0.6) is 0 Å². The lowest BCUT2D eigenvalue weighted by Crippen LogP contribution is -2.40. The average molecular weight is 345 g/mol. The van der Waals surface area contributed by atoms with Crippen LogP contribution in [0.1, 0.15) is 32.3 Å². The quantitative estimate of drug-likeness (QED) is 0.307. The second-order valence-electron chi connectivity index (χ2n) is 5.92. The lowest BCUT2D eigenvalue weighted by Gasteiger charge is -2.23. The highest BCUT2D eigenvalue weighted by atomic mass is 16.2. The molecule has 0 unspecified atom stereocenters. The summed E-state index contributed by atoms with van der Waals surface area (Å²) in [4.78, 5) is 20.9. The van der Waals surface area contributed by atoms with Gasteiger partial charge in [0, 0.05) is 33.2 Å². The Labute approximate surface area is 152 Å². The predicted molar refractivity (Wildman–Crippen MR) is 106 cm³/mol. The molecule has 1 rings (SSSR count). The number of carbonyl (C=O) groups is 1. The number of hydrogen-bond acceptors (Lipinski definition) is 2. The molecule has 0 fully saturated rings. The Morgan fingerprint density at radius 3 is 2.60 bits per heavy atom. The first-order chi connectivity index (χ1) is 12.1. The second-order valence-corrected chi connectivity index (χ2v) is 5.92. The lowest BCUT2D eigenvalue weighted by molar-refractivity contribution is -0.130. The molecule has 5 heteroatoms. The molecule has 0 spiro atoms. The van der Waals surface area contributed by atoms with Gasteiger partial charge in [-0.15, -0.1) is 6.58 Å². The summed E-state index contributed by atoms with van der Waals surface area (Å²) in [5.41, 5.74) is 1.13. The van der Waals surface area contributed by atoms with E-state index in [1.54, 1.807) is 0 Å². The first-order valence-corrected chi connectivity index (χ1v) is 9.04. The summed E-state index contributed by atoms with van der Waals surface area (Å²) < 4.78 is 0. The van der Waals surface area contributed by atoms with Gasteiger partial charge in [0.05, 0.1) is 0 Å². The molecule has 1 aromatic rings. The van der Waals surface area contributed by atoms with Crippen molar-refractivity contribution in [2.75, 3.05) is 33.2 Å². The first kappa shape index (κ1) is 20.7. The van der Waals surface area contributed by atoms with Crippen LogP contribution >= 0.6 is 0 Å². The summed E-state index contributed by atoms with van der Waals surface area (Å²) in [6, 6.07) is 10.0. The molecule has 1 aromatic carbocycles. The maximum absolute atomic E-state index is 12.5. The average Bonchev–Trinajstić information content (AvgIpc) is 2.63. The Morgan fingerprint density at radius 2 is 2.00 bits per heavy atom. The van der Waals surface area contributed by atoms with Crippen molar-refractivity contribution < 1.29 is 4.79 Å². The van der Waals surface area contributed by atoms with Gasteiger partial charge >= 0.3 is 0 Å². The van der Waals surface area contributed by atoms with Crippen molar-refractivity contribution >= 4 is 11.9 Å². The van der Waals surface area contributed by atoms with Crippen LogP contribution < -0.4 is 5.32 Å². The van der Waals surface area contributed by atoms with Crippen molar-refractivity contribution in [1.29, 1.82) is 0 Å². The predicted octanol–water partition coefficient (Wildman–Crippen LogP) is 2.90. The topological polar surface area (TPSA) is 47.9 Å². The molecule has 5 nitrogen and oxygen atoms in total. The molecule has 0 radical (unpaired) electrons. The van der Waals surface area contributed by atoms with Crippen LogP contribution in [0.4, 0.5) is 0 Å². The fraction of sp³-hybridized carbons (Fsp3) is 0.500. The number of benzene rings is 1. The number of hydrogen-bond donors (Lipinski definition) is 1. The molecule has 0 aliphatic rings. The number of carbonyl (C=O) groups excluding carboxylic acids is 1. The van der Waals surface area contributed by atoms with Crippen molar-refractivity contribution in [3.05, 3.63) is 48.6 Å². The van der Waals surface area contributed by atoms with Gasteiger partial charge in [-0.05, 0) is 32.3 Å². The third kappa shape index (κ3) is 7.88. The summed E-state index contributed by atoms with van der Waals surface area (Å²) in [6.07, 6.45) is 3.92. The minimum atomic E-state index is 0.0428. The number of amides is 1. The van der Waals surface area contributed by atoms with E-state index in [1.165, 1.54) is 0 Å². The monoisotopic (exact) mass is 344 g/mol. The third-order valence-corrected chi connectivity index (χ3v) is 3.91. The fourth-order valence-electron chi connectivity index (χ4n) is 2.47. The highest BCUT2D eigenvalue weighted by Crippen LogP contribution is 2.05. The number of rotatable bonds is 10. The Bertz CT molecular complexity index is 542. The minimum Gasteiger partial charge on any atom is -0.357 e. The molecule has 0 aromatic heterocycles. The molecule has 25 heavy (non-hydrogen) atoms. The molecule has 138 valence electrons. The Hall–Kier alpha value is -2.30. The van der Waals surface area contributed by atoms with E-state index < -0.39 is 0 Å². The molecule has 0 aliphatic heterocycles. The van der Waals surface area contributed by atoms with Gasteiger partial charge < -0.3 is 15.1 Å². The van der Waals surface area contributed by atoms with E-state index in [-0.39, 0.29) is 12.5 Å². The largest absolute Gasteiger partial charge is 0.357 e. The van der Waals surface area contributed by atoms with Crippen LogP contribution in [0, 0.1) is 0 Å². The van der Waals surface area contributed by atoms with Crippen molar-refractivity contribution in [2.45, 2.75) is 33.2 Å². The van der Waals surface area contributed by atoms with Gasteiger partial charge in [-0.25, -0.2) is 4.99 Å². The van der Waals surface area contributed by atoms with E-state index in [0.29, 0.717) is 13.1 Å². The zero-order valence-electron chi connectivity index (χ0n) is 15.9. The zero-order valence-corrected chi connectivity index (χ0v) is 15.9. The van der Waals surface area contributed by atoms with E-state index >= 15 is 0 Å². The summed E-state index contributed by atoms with van der Waals surface area (Å²) in [7, 11) is 2.00. The molecule has 0 aliphatic carbocycles. The van der Waals surface area contributed by atoms with E-state index in [0.717, 1.165) is 37.5 Å². The molecule has 0 bridgehead atoms. The zero-order chi connectivity index (χ0) is 18.5. The van der Waals surface area contributed by atoms with Crippen molar-refractivity contribution in [3.63, 3.8) is 0 Å². The van der Waals surface area contributed by atoms with Crippen LogP contribution in [-0.4, -0.2) is 54.9 Å². The van der Waals surface area contributed by atoms with Crippen LogP contribution in [0.25, 0.3) is 0 Å². The van der Waals surface area contributed by atoms with Gasteiger partial charge in [0.15, 0.2) is 5.96 Å². The first-order valence-electron chi connectivity index (χ1n) is 9.04. The Morgan fingerprint density at radius 1 is 1.28 bits per heavy atom. The van der Waals surface area contributed by atoms with Gasteiger partial charge in [0.25, 0.3) is 0 Å². The maximum Gasteiger partial charge on any atom is 0.244 e. The smallest absolute Gasteiger partial charge is 0.244 e. The van der Waals surface area contributed by atoms with Crippen LogP contribution in [0.2, 0.25) is 0 Å². The van der Waals surface area contributed by atoms with E-state index in [4.69, 9.17) is 0 Å².